The number of nitrogens with zero attached hydrogens (tertiary/aromatic N) is 1. The summed E-state index contributed by atoms with van der Waals surface area (Å²) in [5, 5.41) is 2.49. The first-order valence-electron chi connectivity index (χ1n) is 5.13. The second-order valence-electron chi connectivity index (χ2n) is 3.71. The van der Waals surface area contributed by atoms with Gasteiger partial charge in [-0.05, 0) is 6.07 Å². The van der Waals surface area contributed by atoms with Crippen molar-refractivity contribution in [3.63, 3.8) is 0 Å². The van der Waals surface area contributed by atoms with Crippen molar-refractivity contribution in [1.82, 2.24) is 10.3 Å². The molecule has 0 aromatic carbocycles. The second-order valence-corrected chi connectivity index (χ2v) is 3.71. The standard InChI is InChI=1S/C10H10F4N2O2/c11-9(12)17-6-1-2-8(16-3-6)18-7-4-15-5-10(7,13)14/h1-3,7,9,15H,4-5H2/t7-/m1/s1. The van der Waals surface area contributed by atoms with Crippen LogP contribution < -0.4 is 14.8 Å². The molecule has 1 aromatic rings. The van der Waals surface area contributed by atoms with Crippen molar-refractivity contribution in [2.75, 3.05) is 13.1 Å². The van der Waals surface area contributed by atoms with E-state index >= 15 is 0 Å². The van der Waals surface area contributed by atoms with Gasteiger partial charge in [0.2, 0.25) is 5.88 Å². The second kappa shape index (κ2) is 4.97. The fourth-order valence-corrected chi connectivity index (χ4v) is 1.52. The lowest BCUT2D eigenvalue weighted by Crippen LogP contribution is -2.36. The van der Waals surface area contributed by atoms with Crippen LogP contribution in [0.2, 0.25) is 0 Å². The summed E-state index contributed by atoms with van der Waals surface area (Å²) >= 11 is 0. The summed E-state index contributed by atoms with van der Waals surface area (Å²) in [6.07, 6.45) is -0.325. The van der Waals surface area contributed by atoms with E-state index in [1.807, 2.05) is 0 Å². The first-order chi connectivity index (χ1) is 8.47. The van der Waals surface area contributed by atoms with Gasteiger partial charge in [-0.2, -0.15) is 8.78 Å². The van der Waals surface area contributed by atoms with E-state index in [-0.39, 0.29) is 18.2 Å². The van der Waals surface area contributed by atoms with Crippen molar-refractivity contribution in [2.45, 2.75) is 18.6 Å². The zero-order valence-corrected chi connectivity index (χ0v) is 9.08. The molecule has 1 aliphatic heterocycles. The summed E-state index contributed by atoms with van der Waals surface area (Å²) < 4.78 is 59.2. The number of rotatable bonds is 4. The Labute approximate surface area is 99.9 Å². The Hall–Kier alpha value is -1.57. The van der Waals surface area contributed by atoms with E-state index in [0.29, 0.717) is 0 Å². The Balaban J connectivity index is 1.98. The number of hydrogen-bond acceptors (Lipinski definition) is 4. The SMILES string of the molecule is FC(F)Oc1ccc(O[C@@H]2CNCC2(F)F)nc1. The molecule has 100 valence electrons. The minimum atomic E-state index is -2.97. The fraction of sp³-hybridized carbons (Fsp3) is 0.500. The van der Waals surface area contributed by atoms with Crippen LogP contribution in [-0.2, 0) is 0 Å². The maximum atomic E-state index is 13.2. The van der Waals surface area contributed by atoms with E-state index in [1.54, 1.807) is 0 Å². The number of hydrogen-bond donors (Lipinski definition) is 1. The van der Waals surface area contributed by atoms with Gasteiger partial charge in [0.25, 0.3) is 5.92 Å². The predicted molar refractivity (Wildman–Crippen MR) is 53.1 cm³/mol. The highest BCUT2D eigenvalue weighted by Crippen LogP contribution is 2.26. The molecule has 0 unspecified atom stereocenters. The summed E-state index contributed by atoms with van der Waals surface area (Å²) in [6.45, 7) is -3.41. The van der Waals surface area contributed by atoms with Gasteiger partial charge < -0.3 is 14.8 Å². The Morgan fingerprint density at radius 3 is 2.67 bits per heavy atom. The van der Waals surface area contributed by atoms with Crippen molar-refractivity contribution >= 4 is 0 Å². The molecule has 1 aliphatic rings. The summed E-state index contributed by atoms with van der Waals surface area (Å²) in [7, 11) is 0. The fourth-order valence-electron chi connectivity index (χ4n) is 1.52. The normalized spacial score (nSPS) is 22.2. The highest BCUT2D eigenvalue weighted by atomic mass is 19.3. The van der Waals surface area contributed by atoms with Crippen LogP contribution in [-0.4, -0.2) is 36.7 Å². The largest absolute Gasteiger partial charge is 0.466 e. The number of halogens is 4. The molecule has 0 radical (unpaired) electrons. The van der Waals surface area contributed by atoms with Gasteiger partial charge >= 0.3 is 6.61 Å². The number of pyridine rings is 1. The molecule has 2 heterocycles. The third-order valence-corrected chi connectivity index (χ3v) is 2.36. The molecule has 4 nitrogen and oxygen atoms in total. The predicted octanol–water partition coefficient (Wildman–Crippen LogP) is 1.67. The van der Waals surface area contributed by atoms with Gasteiger partial charge in [-0.15, -0.1) is 0 Å². The molecule has 2 rings (SSSR count). The Bertz CT molecular complexity index is 399. The molecule has 1 aromatic heterocycles. The van der Waals surface area contributed by atoms with Crippen LogP contribution in [0, 0.1) is 0 Å². The van der Waals surface area contributed by atoms with Gasteiger partial charge in [0, 0.05) is 12.6 Å². The lowest BCUT2D eigenvalue weighted by atomic mass is 10.2. The molecule has 0 amide bonds. The quantitative estimate of drug-likeness (QED) is 0.842. The zero-order chi connectivity index (χ0) is 13.2. The molecule has 0 spiro atoms. The molecule has 8 heteroatoms. The number of nitrogens with one attached hydrogen (secondary N) is 1. The van der Waals surface area contributed by atoms with Crippen LogP contribution in [0.15, 0.2) is 18.3 Å². The molecular weight excluding hydrogens is 256 g/mol. The van der Waals surface area contributed by atoms with E-state index in [2.05, 4.69) is 15.0 Å². The zero-order valence-electron chi connectivity index (χ0n) is 9.08. The maximum absolute atomic E-state index is 13.2. The van der Waals surface area contributed by atoms with Crippen LogP contribution in [0.3, 0.4) is 0 Å². The van der Waals surface area contributed by atoms with Gasteiger partial charge in [-0.25, -0.2) is 13.8 Å². The Kier molecular flexibility index (Phi) is 3.55. The van der Waals surface area contributed by atoms with Crippen LogP contribution in [0.1, 0.15) is 0 Å². The molecule has 1 fully saturated rings. The van der Waals surface area contributed by atoms with E-state index in [1.165, 1.54) is 12.1 Å². The summed E-state index contributed by atoms with van der Waals surface area (Å²) in [4.78, 5) is 3.62. The van der Waals surface area contributed by atoms with Crippen LogP contribution >= 0.6 is 0 Å². The lowest BCUT2D eigenvalue weighted by Gasteiger charge is -2.18. The van der Waals surface area contributed by atoms with Crippen LogP contribution in [0.25, 0.3) is 0 Å². The molecular formula is C10H10F4N2O2. The minimum absolute atomic E-state index is 0.00393. The highest BCUT2D eigenvalue weighted by Gasteiger charge is 2.46. The van der Waals surface area contributed by atoms with Crippen molar-refractivity contribution < 1.29 is 27.0 Å². The molecule has 1 saturated heterocycles. The average Bonchev–Trinajstić information content (AvgIpc) is 2.60. The summed E-state index contributed by atoms with van der Waals surface area (Å²) in [6, 6.07) is 2.38. The number of ether oxygens (including phenoxy) is 2. The van der Waals surface area contributed by atoms with Gasteiger partial charge in [0.1, 0.15) is 5.75 Å². The van der Waals surface area contributed by atoms with Crippen molar-refractivity contribution in [3.05, 3.63) is 18.3 Å². The topological polar surface area (TPSA) is 43.4 Å². The highest BCUT2D eigenvalue weighted by molar-refractivity contribution is 5.23. The Morgan fingerprint density at radius 2 is 2.17 bits per heavy atom. The van der Waals surface area contributed by atoms with Crippen molar-refractivity contribution in [3.8, 4) is 11.6 Å². The van der Waals surface area contributed by atoms with E-state index in [9.17, 15) is 17.6 Å². The molecule has 18 heavy (non-hydrogen) atoms. The molecule has 0 bridgehead atoms. The number of alkyl halides is 4. The Morgan fingerprint density at radius 1 is 1.39 bits per heavy atom. The first-order valence-corrected chi connectivity index (χ1v) is 5.13. The first kappa shape index (κ1) is 12.9. The molecule has 0 aliphatic carbocycles. The van der Waals surface area contributed by atoms with Crippen molar-refractivity contribution in [2.24, 2.45) is 0 Å². The molecule has 0 saturated carbocycles. The molecule has 1 atom stereocenters. The van der Waals surface area contributed by atoms with E-state index in [4.69, 9.17) is 4.74 Å². The average molecular weight is 266 g/mol. The third kappa shape index (κ3) is 3.00. The number of aromatic nitrogens is 1. The van der Waals surface area contributed by atoms with Crippen molar-refractivity contribution in [1.29, 1.82) is 0 Å². The maximum Gasteiger partial charge on any atom is 0.387 e. The van der Waals surface area contributed by atoms with Crippen LogP contribution in [0.5, 0.6) is 11.6 Å². The summed E-state index contributed by atoms with van der Waals surface area (Å²) in [5.41, 5.74) is 0. The third-order valence-electron chi connectivity index (χ3n) is 2.36. The monoisotopic (exact) mass is 266 g/mol. The lowest BCUT2D eigenvalue weighted by molar-refractivity contribution is -0.0615. The minimum Gasteiger partial charge on any atom is -0.466 e. The van der Waals surface area contributed by atoms with Gasteiger partial charge in [0.05, 0.1) is 12.7 Å². The van der Waals surface area contributed by atoms with Gasteiger partial charge in [-0.1, -0.05) is 0 Å². The smallest absolute Gasteiger partial charge is 0.387 e. The van der Waals surface area contributed by atoms with E-state index in [0.717, 1.165) is 6.20 Å². The molecule has 1 N–H and O–H groups in total. The van der Waals surface area contributed by atoms with Gasteiger partial charge in [-0.3, -0.25) is 0 Å². The van der Waals surface area contributed by atoms with Crippen LogP contribution in [0.4, 0.5) is 17.6 Å². The summed E-state index contributed by atoms with van der Waals surface area (Å²) in [5.74, 6) is -3.20. The van der Waals surface area contributed by atoms with E-state index < -0.39 is 25.2 Å². The van der Waals surface area contributed by atoms with Gasteiger partial charge in [0.15, 0.2) is 6.10 Å².